The van der Waals surface area contributed by atoms with Crippen molar-refractivity contribution in [2.75, 3.05) is 11.9 Å². The molecule has 2 aromatic carbocycles. The molecule has 0 fully saturated rings. The van der Waals surface area contributed by atoms with Crippen molar-refractivity contribution >= 4 is 17.5 Å². The molecule has 3 aromatic heterocycles. The number of aromatic nitrogens is 6. The highest BCUT2D eigenvalue weighted by Gasteiger charge is 2.36. The van der Waals surface area contributed by atoms with Gasteiger partial charge in [0.25, 0.3) is 5.91 Å². The Kier molecular flexibility index (Phi) is 7.88. The fraction of sp³-hybridized carbons (Fsp3) is 0.324. The van der Waals surface area contributed by atoms with Crippen molar-refractivity contribution in [1.29, 1.82) is 0 Å². The first kappa shape index (κ1) is 30.0. The summed E-state index contributed by atoms with van der Waals surface area (Å²) in [5.41, 5.74) is 8.43. The average Bonchev–Trinajstić information content (AvgIpc) is 3.83. The number of nitrogens with zero attached hydrogens (tertiary/aromatic N) is 5. The van der Waals surface area contributed by atoms with E-state index in [1.165, 1.54) is 4.68 Å². The maximum Gasteiger partial charge on any atom is 0.270 e. The number of amides is 2. The van der Waals surface area contributed by atoms with E-state index in [4.69, 9.17) is 0 Å². The maximum absolute atomic E-state index is 14.0. The summed E-state index contributed by atoms with van der Waals surface area (Å²) in [6.07, 6.45) is 6.77. The largest absolute Gasteiger partial charge is 0.394 e. The summed E-state index contributed by atoms with van der Waals surface area (Å²) in [5, 5.41) is 31.8. The van der Waals surface area contributed by atoms with Gasteiger partial charge in [0.1, 0.15) is 11.7 Å². The minimum absolute atomic E-state index is 0.0428. The molecule has 0 saturated carbocycles. The highest BCUT2D eigenvalue weighted by Crippen LogP contribution is 2.39. The van der Waals surface area contributed by atoms with Crippen LogP contribution in [0.2, 0.25) is 0 Å². The van der Waals surface area contributed by atoms with Gasteiger partial charge in [0.05, 0.1) is 24.0 Å². The van der Waals surface area contributed by atoms with Crippen LogP contribution in [0.5, 0.6) is 0 Å². The summed E-state index contributed by atoms with van der Waals surface area (Å²) in [6.45, 7) is 7.73. The number of rotatable bonds is 9. The van der Waals surface area contributed by atoms with E-state index >= 15 is 0 Å². The first-order valence-electron chi connectivity index (χ1n) is 15.1. The maximum atomic E-state index is 14.0. The van der Waals surface area contributed by atoms with Crippen LogP contribution >= 0.6 is 0 Å². The Labute approximate surface area is 261 Å². The number of aliphatic hydroxyl groups excluding tert-OH is 1. The van der Waals surface area contributed by atoms with E-state index in [0.717, 1.165) is 51.2 Å². The monoisotopic (exact) mass is 606 g/mol. The zero-order valence-electron chi connectivity index (χ0n) is 26.1. The van der Waals surface area contributed by atoms with Crippen molar-refractivity contribution in [3.63, 3.8) is 0 Å². The number of benzene rings is 2. The molecule has 232 valence electrons. The number of hydrogen-bond acceptors (Lipinski definition) is 6. The van der Waals surface area contributed by atoms with Gasteiger partial charge in [0, 0.05) is 47.9 Å². The smallest absolute Gasteiger partial charge is 0.270 e. The normalized spacial score (nSPS) is 15.1. The second-order valence-electron chi connectivity index (χ2n) is 12.4. The van der Waals surface area contributed by atoms with E-state index in [2.05, 4.69) is 49.2 Å². The molecular weight excluding hydrogens is 568 g/mol. The Hall–Kier alpha value is -5.03. The van der Waals surface area contributed by atoms with Gasteiger partial charge in [-0.25, -0.2) is 0 Å². The lowest BCUT2D eigenvalue weighted by Crippen LogP contribution is -2.47. The fourth-order valence-corrected chi connectivity index (χ4v) is 6.11. The Morgan fingerprint density at radius 2 is 1.82 bits per heavy atom. The molecule has 0 aliphatic heterocycles. The summed E-state index contributed by atoms with van der Waals surface area (Å²) < 4.78 is 3.26. The Bertz CT molecular complexity index is 1840. The predicted molar refractivity (Wildman–Crippen MR) is 172 cm³/mol. The second kappa shape index (κ2) is 11.8. The van der Waals surface area contributed by atoms with E-state index in [-0.39, 0.29) is 24.3 Å². The third-order valence-corrected chi connectivity index (χ3v) is 8.79. The van der Waals surface area contributed by atoms with E-state index < -0.39 is 11.6 Å². The molecule has 0 saturated heterocycles. The van der Waals surface area contributed by atoms with Crippen molar-refractivity contribution in [1.82, 2.24) is 35.1 Å². The molecule has 1 unspecified atom stereocenters. The number of carbonyl (C=O) groups is 2. The second-order valence-corrected chi connectivity index (χ2v) is 12.4. The molecule has 1 aliphatic rings. The Morgan fingerprint density at radius 1 is 1.07 bits per heavy atom. The Morgan fingerprint density at radius 3 is 2.49 bits per heavy atom. The van der Waals surface area contributed by atoms with E-state index in [1.54, 1.807) is 30.2 Å². The van der Waals surface area contributed by atoms with E-state index in [9.17, 15) is 14.7 Å². The summed E-state index contributed by atoms with van der Waals surface area (Å²) in [5.74, 6) is -0.917. The van der Waals surface area contributed by atoms with Crippen LogP contribution in [0.3, 0.4) is 0 Å². The first-order chi connectivity index (χ1) is 21.6. The van der Waals surface area contributed by atoms with Crippen LogP contribution in [-0.2, 0) is 23.8 Å². The minimum atomic E-state index is -0.835. The number of aliphatic hydroxyl groups is 1. The fourth-order valence-electron chi connectivity index (χ4n) is 6.11. The van der Waals surface area contributed by atoms with Crippen molar-refractivity contribution in [2.24, 2.45) is 7.05 Å². The SMILES string of the molecule is Cc1n[nH]c(C)c1-c1ccc(NC(=O)C(NC(=O)c2ccnn2C)[C@@H]2CCc3ccc(-c4cnn(C(C)(C)CO)c4)cc32)cc1. The van der Waals surface area contributed by atoms with Gasteiger partial charge in [-0.3, -0.25) is 24.1 Å². The van der Waals surface area contributed by atoms with Gasteiger partial charge >= 0.3 is 0 Å². The zero-order valence-corrected chi connectivity index (χ0v) is 26.1. The van der Waals surface area contributed by atoms with E-state index in [1.807, 2.05) is 58.2 Å². The molecule has 11 heteroatoms. The van der Waals surface area contributed by atoms with Crippen molar-refractivity contribution in [3.8, 4) is 22.3 Å². The average molecular weight is 607 g/mol. The molecule has 0 radical (unpaired) electrons. The van der Waals surface area contributed by atoms with Gasteiger partial charge in [-0.2, -0.15) is 15.3 Å². The van der Waals surface area contributed by atoms with Crippen LogP contribution in [0.25, 0.3) is 22.3 Å². The molecule has 0 bridgehead atoms. The molecule has 1 aliphatic carbocycles. The summed E-state index contributed by atoms with van der Waals surface area (Å²) >= 11 is 0. The third kappa shape index (κ3) is 5.78. The molecule has 3 heterocycles. The van der Waals surface area contributed by atoms with E-state index in [0.29, 0.717) is 17.8 Å². The number of hydrogen-bond donors (Lipinski definition) is 4. The van der Waals surface area contributed by atoms with Gasteiger partial charge in [-0.05, 0) is 81.0 Å². The molecule has 0 spiro atoms. The summed E-state index contributed by atoms with van der Waals surface area (Å²) in [4.78, 5) is 27.4. The van der Waals surface area contributed by atoms with Crippen LogP contribution in [-0.4, -0.2) is 59.3 Å². The van der Waals surface area contributed by atoms with Crippen LogP contribution in [0, 0.1) is 13.8 Å². The molecule has 11 nitrogen and oxygen atoms in total. The van der Waals surface area contributed by atoms with Gasteiger partial charge in [-0.15, -0.1) is 0 Å². The number of carbonyl (C=O) groups excluding carboxylic acids is 2. The molecular formula is C34H38N8O3. The predicted octanol–water partition coefficient (Wildman–Crippen LogP) is 4.49. The van der Waals surface area contributed by atoms with Crippen molar-refractivity contribution in [2.45, 2.75) is 58.0 Å². The lowest BCUT2D eigenvalue weighted by molar-refractivity contribution is -0.118. The number of anilines is 1. The highest BCUT2D eigenvalue weighted by atomic mass is 16.3. The number of aryl methyl sites for hydroxylation is 4. The van der Waals surface area contributed by atoms with Gasteiger partial charge in [-0.1, -0.05) is 30.3 Å². The summed E-state index contributed by atoms with van der Waals surface area (Å²) in [7, 11) is 1.70. The zero-order chi connectivity index (χ0) is 31.9. The highest BCUT2D eigenvalue weighted by molar-refractivity contribution is 6.01. The van der Waals surface area contributed by atoms with Gasteiger partial charge in [0.2, 0.25) is 5.91 Å². The van der Waals surface area contributed by atoms with Crippen molar-refractivity contribution in [3.05, 3.63) is 95.3 Å². The van der Waals surface area contributed by atoms with Crippen LogP contribution in [0.4, 0.5) is 5.69 Å². The quantitative estimate of drug-likeness (QED) is 0.195. The molecule has 5 aromatic rings. The number of nitrogens with one attached hydrogen (secondary N) is 3. The third-order valence-electron chi connectivity index (χ3n) is 8.79. The van der Waals surface area contributed by atoms with Gasteiger partial charge < -0.3 is 15.7 Å². The first-order valence-corrected chi connectivity index (χ1v) is 15.1. The van der Waals surface area contributed by atoms with Gasteiger partial charge in [0.15, 0.2) is 0 Å². The summed E-state index contributed by atoms with van der Waals surface area (Å²) in [6, 6.07) is 14.7. The molecule has 4 N–H and O–H groups in total. The minimum Gasteiger partial charge on any atom is -0.394 e. The number of aromatic amines is 1. The molecule has 6 rings (SSSR count). The molecule has 45 heavy (non-hydrogen) atoms. The Balaban J connectivity index is 1.30. The topological polar surface area (TPSA) is 143 Å². The molecule has 2 amide bonds. The van der Waals surface area contributed by atoms with Crippen LogP contribution in [0.1, 0.15) is 59.2 Å². The number of H-pyrrole nitrogens is 1. The lowest BCUT2D eigenvalue weighted by atomic mass is 9.90. The number of fused-ring (bicyclic) bond motifs is 1. The van der Waals surface area contributed by atoms with Crippen LogP contribution in [0.15, 0.2) is 67.1 Å². The molecule has 2 atom stereocenters. The van der Waals surface area contributed by atoms with Crippen molar-refractivity contribution < 1.29 is 14.7 Å². The van der Waals surface area contributed by atoms with Crippen LogP contribution < -0.4 is 10.6 Å². The standard InChI is InChI=1S/C34H38N8O3/c1-20-30(21(2)40-39-20)23-8-11-26(12-9-23)37-33(45)31(38-32(44)29-14-15-35-41(29)5)27-13-10-22-6-7-24(16-28(22)27)25-17-36-42(18-25)34(3,4)19-43/h6-9,11-12,14-18,27,31,43H,10,13,19H2,1-5H3,(H,37,45)(H,38,44)(H,39,40)/t27-,31?/m1/s1. The lowest BCUT2D eigenvalue weighted by Gasteiger charge is -2.25.